The third kappa shape index (κ3) is 4.62. The van der Waals surface area contributed by atoms with Gasteiger partial charge >= 0.3 is 0 Å². The Balaban J connectivity index is 1.84. The molecule has 1 saturated heterocycles. The van der Waals surface area contributed by atoms with E-state index >= 15 is 0 Å². The summed E-state index contributed by atoms with van der Waals surface area (Å²) < 4.78 is 22.3. The molecule has 0 aromatic carbocycles. The van der Waals surface area contributed by atoms with Crippen LogP contribution in [0.1, 0.15) is 36.6 Å². The molecule has 2 rings (SSSR count). The molecule has 19 heavy (non-hydrogen) atoms. The van der Waals surface area contributed by atoms with E-state index in [2.05, 4.69) is 21.2 Å². The van der Waals surface area contributed by atoms with Crippen molar-refractivity contribution in [3.63, 3.8) is 0 Å². The Bertz CT molecular complexity index is 510. The van der Waals surface area contributed by atoms with Crippen molar-refractivity contribution in [2.75, 3.05) is 31.6 Å². The second-order valence-corrected chi connectivity index (χ2v) is 7.86. The van der Waals surface area contributed by atoms with Crippen molar-refractivity contribution in [1.29, 1.82) is 0 Å². The van der Waals surface area contributed by atoms with Gasteiger partial charge in [0.1, 0.15) is 9.84 Å². The maximum atomic E-state index is 11.1. The van der Waals surface area contributed by atoms with Gasteiger partial charge in [0.15, 0.2) is 0 Å². The highest BCUT2D eigenvalue weighted by atomic mass is 32.2. The van der Waals surface area contributed by atoms with E-state index in [1.807, 2.05) is 6.92 Å². The average molecular weight is 285 g/mol. The molecule has 1 aromatic heterocycles. The third-order valence-electron chi connectivity index (χ3n) is 3.64. The molecule has 1 aliphatic heterocycles. The van der Waals surface area contributed by atoms with Crippen molar-refractivity contribution < 1.29 is 8.42 Å². The van der Waals surface area contributed by atoms with Crippen molar-refractivity contribution in [2.24, 2.45) is 0 Å². The van der Waals surface area contributed by atoms with Crippen LogP contribution in [0.15, 0.2) is 6.07 Å². The second kappa shape index (κ2) is 6.05. The first-order valence-electron chi connectivity index (χ1n) is 6.86. The molecule has 6 heteroatoms. The number of likely N-dealkylation sites (tertiary alicyclic amines) is 1. The lowest BCUT2D eigenvalue weighted by atomic mass is 9.94. The molecule has 1 N–H and O–H groups in total. The molecule has 1 aliphatic rings. The minimum absolute atomic E-state index is 0.287. The molecule has 1 atom stereocenters. The second-order valence-electron chi connectivity index (χ2n) is 5.60. The van der Waals surface area contributed by atoms with E-state index < -0.39 is 9.84 Å². The summed E-state index contributed by atoms with van der Waals surface area (Å²) in [5.41, 5.74) is 2.24. The molecule has 0 saturated carbocycles. The summed E-state index contributed by atoms with van der Waals surface area (Å²) in [6.07, 6.45) is 4.37. The molecular formula is C13H23N3O2S. The van der Waals surface area contributed by atoms with Gasteiger partial charge in [0.2, 0.25) is 0 Å². The number of hydrogen-bond donors (Lipinski definition) is 1. The number of aryl methyl sites for hydroxylation is 1. The Morgan fingerprint density at radius 3 is 2.95 bits per heavy atom. The van der Waals surface area contributed by atoms with Gasteiger partial charge in [-0.1, -0.05) is 0 Å². The van der Waals surface area contributed by atoms with Gasteiger partial charge in [-0.05, 0) is 45.3 Å². The van der Waals surface area contributed by atoms with Crippen LogP contribution in [0.3, 0.4) is 0 Å². The number of piperidine rings is 1. The number of nitrogens with one attached hydrogen (secondary N) is 1. The maximum Gasteiger partial charge on any atom is 0.147 e. The number of aromatic amines is 1. The highest BCUT2D eigenvalue weighted by Crippen LogP contribution is 2.25. The summed E-state index contributed by atoms with van der Waals surface area (Å²) in [6.45, 7) is 4.95. The average Bonchev–Trinajstić information content (AvgIpc) is 2.75. The molecule has 0 unspecified atom stereocenters. The van der Waals surface area contributed by atoms with Gasteiger partial charge in [-0.2, -0.15) is 5.10 Å². The summed E-state index contributed by atoms with van der Waals surface area (Å²) in [4.78, 5) is 2.36. The molecular weight excluding hydrogens is 262 g/mol. The maximum absolute atomic E-state index is 11.1. The van der Waals surface area contributed by atoms with Crippen LogP contribution < -0.4 is 0 Å². The van der Waals surface area contributed by atoms with Crippen molar-refractivity contribution >= 4 is 9.84 Å². The summed E-state index contributed by atoms with van der Waals surface area (Å²) in [6, 6.07) is 2.12. The van der Waals surface area contributed by atoms with Gasteiger partial charge in [0.05, 0.1) is 11.4 Å². The Kier molecular flexibility index (Phi) is 4.62. The standard InChI is InChI=1S/C13H23N3O2S/c1-11-9-13(15-14-11)12-5-3-6-16(10-12)7-4-8-19(2,17)18/h9,12H,3-8,10H2,1-2H3,(H,14,15)/t12-/m0/s1. The van der Waals surface area contributed by atoms with E-state index in [0.717, 1.165) is 43.9 Å². The van der Waals surface area contributed by atoms with Gasteiger partial charge in [-0.3, -0.25) is 5.10 Å². The zero-order chi connectivity index (χ0) is 13.9. The molecule has 0 spiro atoms. The monoisotopic (exact) mass is 285 g/mol. The Hall–Kier alpha value is -0.880. The van der Waals surface area contributed by atoms with Crippen molar-refractivity contribution in [3.8, 4) is 0 Å². The minimum Gasteiger partial charge on any atom is -0.303 e. The molecule has 1 fully saturated rings. The van der Waals surface area contributed by atoms with Crippen molar-refractivity contribution in [2.45, 2.75) is 32.1 Å². The highest BCUT2D eigenvalue weighted by Gasteiger charge is 2.22. The summed E-state index contributed by atoms with van der Waals surface area (Å²) in [5.74, 6) is 0.771. The third-order valence-corrected chi connectivity index (χ3v) is 4.67. The predicted molar refractivity (Wildman–Crippen MR) is 76.1 cm³/mol. The SMILES string of the molecule is Cc1cc([C@H]2CCCN(CCCS(C)(=O)=O)C2)n[nH]1. The quantitative estimate of drug-likeness (QED) is 0.886. The van der Waals surface area contributed by atoms with E-state index in [-0.39, 0.29) is 5.75 Å². The van der Waals surface area contributed by atoms with Crippen LogP contribution in [0.2, 0.25) is 0 Å². The van der Waals surface area contributed by atoms with Gasteiger partial charge in [0, 0.05) is 24.4 Å². The molecule has 0 aliphatic carbocycles. The molecule has 0 radical (unpaired) electrons. The number of nitrogens with zero attached hydrogens (tertiary/aromatic N) is 2. The van der Waals surface area contributed by atoms with Crippen LogP contribution in [0.4, 0.5) is 0 Å². The van der Waals surface area contributed by atoms with E-state index in [9.17, 15) is 8.42 Å². The lowest BCUT2D eigenvalue weighted by Crippen LogP contribution is -2.35. The fraction of sp³-hybridized carbons (Fsp3) is 0.769. The number of sulfone groups is 1. The molecule has 5 nitrogen and oxygen atoms in total. The molecule has 2 heterocycles. The Morgan fingerprint density at radius 1 is 1.53 bits per heavy atom. The normalized spacial score (nSPS) is 21.7. The van der Waals surface area contributed by atoms with Crippen LogP contribution >= 0.6 is 0 Å². The first-order chi connectivity index (χ1) is 8.94. The van der Waals surface area contributed by atoms with Crippen LogP contribution in [-0.2, 0) is 9.84 Å². The molecule has 1 aromatic rings. The number of rotatable bonds is 5. The van der Waals surface area contributed by atoms with Crippen LogP contribution in [0.5, 0.6) is 0 Å². The summed E-state index contributed by atoms with van der Waals surface area (Å²) in [7, 11) is -2.83. The predicted octanol–water partition coefficient (Wildman–Crippen LogP) is 1.33. The van der Waals surface area contributed by atoms with Crippen LogP contribution in [0.25, 0.3) is 0 Å². The zero-order valence-corrected chi connectivity index (χ0v) is 12.5. The zero-order valence-electron chi connectivity index (χ0n) is 11.7. The highest BCUT2D eigenvalue weighted by molar-refractivity contribution is 7.90. The largest absolute Gasteiger partial charge is 0.303 e. The molecule has 0 amide bonds. The summed E-state index contributed by atoms with van der Waals surface area (Å²) >= 11 is 0. The van der Waals surface area contributed by atoms with E-state index in [4.69, 9.17) is 0 Å². The topological polar surface area (TPSA) is 66.1 Å². The first-order valence-corrected chi connectivity index (χ1v) is 8.92. The number of hydrogen-bond acceptors (Lipinski definition) is 4. The Labute approximate surface area is 115 Å². The smallest absolute Gasteiger partial charge is 0.147 e. The van der Waals surface area contributed by atoms with Gasteiger partial charge < -0.3 is 4.90 Å². The van der Waals surface area contributed by atoms with Gasteiger partial charge in [-0.25, -0.2) is 8.42 Å². The fourth-order valence-electron chi connectivity index (χ4n) is 2.70. The fourth-order valence-corrected chi connectivity index (χ4v) is 3.35. The van der Waals surface area contributed by atoms with Crippen molar-refractivity contribution in [1.82, 2.24) is 15.1 Å². The van der Waals surface area contributed by atoms with Crippen LogP contribution in [-0.4, -0.2) is 55.2 Å². The van der Waals surface area contributed by atoms with Crippen LogP contribution in [0, 0.1) is 6.92 Å². The summed E-state index contributed by atoms with van der Waals surface area (Å²) in [5, 5.41) is 7.34. The van der Waals surface area contributed by atoms with Gasteiger partial charge in [0.25, 0.3) is 0 Å². The van der Waals surface area contributed by atoms with E-state index in [1.54, 1.807) is 0 Å². The van der Waals surface area contributed by atoms with Gasteiger partial charge in [-0.15, -0.1) is 0 Å². The molecule has 0 bridgehead atoms. The minimum atomic E-state index is -2.83. The number of H-pyrrole nitrogens is 1. The van der Waals surface area contributed by atoms with E-state index in [0.29, 0.717) is 5.92 Å². The Morgan fingerprint density at radius 2 is 2.32 bits per heavy atom. The lowest BCUT2D eigenvalue weighted by molar-refractivity contribution is 0.207. The van der Waals surface area contributed by atoms with Crippen molar-refractivity contribution in [3.05, 3.63) is 17.5 Å². The first kappa shape index (κ1) is 14.5. The molecule has 108 valence electrons. The number of aromatic nitrogens is 2. The lowest BCUT2D eigenvalue weighted by Gasteiger charge is -2.31. The van der Waals surface area contributed by atoms with E-state index in [1.165, 1.54) is 12.7 Å².